The van der Waals surface area contributed by atoms with E-state index in [9.17, 15) is 18.3 Å². The van der Waals surface area contributed by atoms with Crippen LogP contribution in [-0.4, -0.2) is 4.66 Å². The van der Waals surface area contributed by atoms with Crippen LogP contribution in [0.4, 0.5) is 0 Å². The minimum absolute atomic E-state index is 0. The van der Waals surface area contributed by atoms with Gasteiger partial charge in [0.1, 0.15) is 69.0 Å². The third-order valence-electron chi connectivity index (χ3n) is 14.9. The maximum Gasteiger partial charge on any atom is 2.00 e. The van der Waals surface area contributed by atoms with Gasteiger partial charge in [0.25, 0.3) is 0 Å². The van der Waals surface area contributed by atoms with Crippen LogP contribution in [0.5, 0.6) is 69.0 Å². The van der Waals surface area contributed by atoms with Crippen LogP contribution >= 0.6 is 31.3 Å². The summed E-state index contributed by atoms with van der Waals surface area (Å²) >= 11 is 0. The Hall–Kier alpha value is -10.2. The molecule has 0 saturated carbocycles. The molecule has 0 amide bonds. The van der Waals surface area contributed by atoms with E-state index < -0.39 is 41.5 Å². The Balaban J connectivity index is 0.000000199. The van der Waals surface area contributed by atoms with Crippen LogP contribution in [-0.2, 0) is 34.8 Å². The van der Waals surface area contributed by atoms with Crippen molar-refractivity contribution < 1.29 is 118 Å². The van der Waals surface area contributed by atoms with Crippen LogP contribution in [0.2, 0.25) is 0 Å². The molecule has 0 fully saturated rings. The topological polar surface area (TPSA) is 268 Å². The summed E-state index contributed by atoms with van der Waals surface area (Å²) in [6.07, 6.45) is 0. The summed E-state index contributed by atoms with van der Waals surface area (Å²) < 4.78 is 154. The molecule has 0 saturated heterocycles. The molecule has 0 spiro atoms. The van der Waals surface area contributed by atoms with E-state index in [1.165, 1.54) is 0 Å². The van der Waals surface area contributed by atoms with E-state index in [0.29, 0.717) is 69.0 Å². The largest absolute Gasteiger partial charge is 2.00 e. The summed E-state index contributed by atoms with van der Waals surface area (Å²) in [7, 11) is -20.4. The van der Waals surface area contributed by atoms with Crippen LogP contribution in [0, 0.1) is 93.3 Å². The van der Waals surface area contributed by atoms with Crippen LogP contribution < -0.4 is 68.3 Å². The van der Waals surface area contributed by atoms with Gasteiger partial charge in [0.05, 0.1) is 14.9 Å². The average Bonchev–Trinajstić information content (AvgIpc) is 0.841. The zero-order chi connectivity index (χ0) is 78.8. The first-order valence-corrected chi connectivity index (χ1v) is 41.0. The Morgan fingerprint density at radius 3 is 0.291 bits per heavy atom. The van der Waals surface area contributed by atoms with Gasteiger partial charge in [0, 0.05) is 0 Å². The fourth-order valence-corrected chi connectivity index (χ4v) is 14.0. The monoisotopic (exact) mass is 1630 g/mol. The molecule has 110 heavy (non-hydrogen) atoms. The van der Waals surface area contributed by atoms with Crippen molar-refractivity contribution in [2.45, 2.75) is 83.1 Å². The van der Waals surface area contributed by atoms with Crippen molar-refractivity contribution >= 4 is 31.3 Å². The molecular weight excluding hydrogens is 1550 g/mol. The SMILES string of the molecule is Cc1ccc(OP(=O)(Oc2ccc(C)cc2)Oc2ccc(C)cc2)cc1.Cc1ccc(OP(=O)(Oc2ccc(C)cc2)Oc2ccc(C)cc2)cc1.Cc1ccc(OP(=O)(Oc2ccc(C)cc2)Oc2ccc(C)cc2)cc1.Cc1ccc(OP(=O)(Oc2ccc(C)cc2)Oc2ccc(C)cc2)cc1.[Ni+2].[O-][Cl+3]([O-])([O-])O. The number of rotatable bonds is 24. The van der Waals surface area contributed by atoms with Gasteiger partial charge in [-0.15, -0.1) is 0 Å². The molecule has 0 bridgehead atoms. The van der Waals surface area contributed by atoms with Crippen molar-refractivity contribution in [3.05, 3.63) is 358 Å². The van der Waals surface area contributed by atoms with E-state index in [1.54, 1.807) is 146 Å². The van der Waals surface area contributed by atoms with Crippen LogP contribution in [0.25, 0.3) is 0 Å². The third kappa shape index (κ3) is 31.8. The molecule has 0 unspecified atom stereocenters. The second-order valence-electron chi connectivity index (χ2n) is 25.0. The summed E-state index contributed by atoms with van der Waals surface area (Å²) in [6.45, 7) is 23.6. The van der Waals surface area contributed by atoms with E-state index >= 15 is 0 Å². The minimum atomic E-state index is -4.69. The third-order valence-corrected chi connectivity index (χ3v) is 20.1. The fraction of sp³-hybridized carbons (Fsp3) is 0.143. The van der Waals surface area contributed by atoms with Gasteiger partial charge in [-0.05, 0) is 229 Å². The molecule has 12 aromatic rings. The molecule has 12 aromatic carbocycles. The predicted molar refractivity (Wildman–Crippen MR) is 414 cm³/mol. The molecule has 1 N–H and O–H groups in total. The molecule has 576 valence electrons. The van der Waals surface area contributed by atoms with Crippen molar-refractivity contribution in [1.29, 1.82) is 0 Å². The van der Waals surface area contributed by atoms with Crippen molar-refractivity contribution in [2.75, 3.05) is 0 Å². The van der Waals surface area contributed by atoms with Gasteiger partial charge >= 0.3 is 47.8 Å². The smallest absolute Gasteiger partial charge is 0.386 e. The standard InChI is InChI=1S/4C21H21O4P.ClHO4.Ni/c4*1-16-4-10-19(11-5-16)23-26(22,24-20-12-6-17(2)7-13-20)25-21-14-8-18(3)9-15-21;2-1(3,4)5;/h4*4-15H,1-3H3;(H,2,3,4,5);/q;;;;;+2. The Bertz CT molecular complexity index is 3870. The number of hydrogen-bond donors (Lipinski definition) is 1. The molecule has 0 radical (unpaired) electrons. The Morgan fingerprint density at radius 1 is 0.182 bits per heavy atom. The normalized spacial score (nSPS) is 11.0. The number of halogens is 1. The number of hydrogen-bond acceptors (Lipinski definition) is 20. The van der Waals surface area contributed by atoms with Gasteiger partial charge in [-0.3, -0.25) is 0 Å². The molecule has 0 aliphatic carbocycles. The fourth-order valence-electron chi connectivity index (χ4n) is 8.96. The maximum absolute atomic E-state index is 13.3. The summed E-state index contributed by atoms with van der Waals surface area (Å²) in [5.74, 6) is 4.98. The first-order valence-electron chi connectivity index (χ1n) is 33.9. The molecule has 0 heterocycles. The quantitative estimate of drug-likeness (QED) is 0.0435. The number of phosphoric ester groups is 4. The Kier molecular flexibility index (Phi) is 32.4. The Morgan fingerprint density at radius 2 is 0.236 bits per heavy atom. The summed E-state index contributed by atoms with van der Waals surface area (Å²) in [6, 6.07) is 86.6. The van der Waals surface area contributed by atoms with Gasteiger partial charge in [-0.1, -0.05) is 212 Å². The number of benzene rings is 12. The molecule has 0 aliphatic rings. The molecule has 0 aliphatic heterocycles. The molecule has 20 nitrogen and oxygen atoms in total. The van der Waals surface area contributed by atoms with Crippen LogP contribution in [0.15, 0.2) is 291 Å². The Labute approximate surface area is 655 Å². The van der Waals surface area contributed by atoms with Gasteiger partial charge in [0.2, 0.25) is 0 Å². The van der Waals surface area contributed by atoms with E-state index in [0.717, 1.165) is 66.8 Å². The average molecular weight is 1630 g/mol. The van der Waals surface area contributed by atoms with Crippen molar-refractivity contribution in [1.82, 2.24) is 0 Å². The van der Waals surface area contributed by atoms with Crippen molar-refractivity contribution in [3.63, 3.8) is 0 Å². The van der Waals surface area contributed by atoms with E-state index in [2.05, 4.69) is 0 Å². The second kappa shape index (κ2) is 41.0. The van der Waals surface area contributed by atoms with Gasteiger partial charge in [-0.25, -0.2) is 0 Å². The first kappa shape index (κ1) is 87.0. The number of aryl methyl sites for hydroxylation is 12. The second-order valence-corrected chi connectivity index (χ2v) is 31.6. The maximum atomic E-state index is 13.3. The molecule has 12 rings (SSSR count). The first-order chi connectivity index (χ1) is 51.7. The zero-order valence-corrected chi connectivity index (χ0v) is 67.7. The predicted octanol–water partition coefficient (Wildman–Crippen LogP) is 20.9. The van der Waals surface area contributed by atoms with E-state index in [-0.39, 0.29) is 16.5 Å². The molecular formula is C84H85ClNiO20P4+2. The van der Waals surface area contributed by atoms with Gasteiger partial charge in [-0.2, -0.15) is 32.2 Å². The summed E-state index contributed by atoms with van der Waals surface area (Å²) in [4.78, 5) is 0. The van der Waals surface area contributed by atoms with Gasteiger partial charge in [0.15, 0.2) is 0 Å². The van der Waals surface area contributed by atoms with Crippen molar-refractivity contribution in [3.8, 4) is 69.0 Å². The van der Waals surface area contributed by atoms with E-state index in [1.807, 2.05) is 229 Å². The van der Waals surface area contributed by atoms with E-state index in [4.69, 9.17) is 72.9 Å². The molecule has 0 aromatic heterocycles. The number of phosphoric acid groups is 4. The zero-order valence-electron chi connectivity index (χ0n) is 62.4. The van der Waals surface area contributed by atoms with Crippen molar-refractivity contribution in [2.24, 2.45) is 0 Å². The molecule has 0 atom stereocenters. The summed E-state index contributed by atoms with van der Waals surface area (Å²) in [5, 5.41) is 0. The van der Waals surface area contributed by atoms with Gasteiger partial charge < -0.3 is 54.3 Å². The van der Waals surface area contributed by atoms with Crippen LogP contribution in [0.1, 0.15) is 66.8 Å². The molecule has 26 heteroatoms. The van der Waals surface area contributed by atoms with Crippen LogP contribution in [0.3, 0.4) is 0 Å². The summed E-state index contributed by atoms with van der Waals surface area (Å²) in [5.41, 5.74) is 12.9. The minimum Gasteiger partial charge on any atom is -0.386 e.